The molecule has 0 saturated carbocycles. The fourth-order valence-corrected chi connectivity index (χ4v) is 1.95. The van der Waals surface area contributed by atoms with E-state index in [2.05, 4.69) is 5.32 Å². The molecule has 108 valence electrons. The topological polar surface area (TPSA) is 43.6 Å². The predicted octanol–water partition coefficient (Wildman–Crippen LogP) is 3.29. The summed E-state index contributed by atoms with van der Waals surface area (Å²) >= 11 is 0. The van der Waals surface area contributed by atoms with Crippen molar-refractivity contribution in [1.82, 2.24) is 5.32 Å². The molecule has 0 aliphatic rings. The van der Waals surface area contributed by atoms with Gasteiger partial charge in [0, 0.05) is 0 Å². The molecular weight excluding hydrogens is 254 g/mol. The van der Waals surface area contributed by atoms with Gasteiger partial charge in [-0.1, -0.05) is 0 Å². The van der Waals surface area contributed by atoms with Gasteiger partial charge in [-0.25, -0.2) is 0 Å². The van der Waals surface area contributed by atoms with Crippen LogP contribution in [0, 0.1) is 6.92 Å². The van der Waals surface area contributed by atoms with Crippen LogP contribution >= 0.6 is 0 Å². The molecule has 1 aromatic heterocycles. The largest absolute Gasteiger partial charge is 0.494 e. The Kier molecular flexibility index (Phi) is 5.07. The van der Waals surface area contributed by atoms with E-state index in [1.54, 1.807) is 0 Å². The molecule has 4 nitrogen and oxygen atoms in total. The van der Waals surface area contributed by atoms with E-state index in [4.69, 9.17) is 13.9 Å². The molecule has 0 saturated heterocycles. The van der Waals surface area contributed by atoms with E-state index in [-0.39, 0.29) is 0 Å². The van der Waals surface area contributed by atoms with Gasteiger partial charge in [-0.3, -0.25) is 0 Å². The van der Waals surface area contributed by atoms with E-state index in [1.807, 2.05) is 51.2 Å². The molecule has 4 heteroatoms. The maximum atomic E-state index is 5.73. The van der Waals surface area contributed by atoms with E-state index >= 15 is 0 Å². The van der Waals surface area contributed by atoms with Crippen molar-refractivity contribution in [1.29, 1.82) is 0 Å². The summed E-state index contributed by atoms with van der Waals surface area (Å²) in [7, 11) is 1.90. The first kappa shape index (κ1) is 14.5. The molecule has 2 aromatic rings. The third-order valence-electron chi connectivity index (χ3n) is 2.92. The van der Waals surface area contributed by atoms with Crippen LogP contribution in [-0.4, -0.2) is 13.7 Å². The van der Waals surface area contributed by atoms with Crippen LogP contribution in [0.3, 0.4) is 0 Å². The Bertz CT molecular complexity index is 531. The van der Waals surface area contributed by atoms with Gasteiger partial charge >= 0.3 is 0 Å². The highest BCUT2D eigenvalue weighted by Crippen LogP contribution is 2.20. The van der Waals surface area contributed by atoms with Crippen molar-refractivity contribution in [3.8, 4) is 11.5 Å². The van der Waals surface area contributed by atoms with Gasteiger partial charge in [-0.15, -0.1) is 0 Å². The molecule has 0 aliphatic heterocycles. The van der Waals surface area contributed by atoms with Crippen molar-refractivity contribution in [2.45, 2.75) is 27.0 Å². The maximum Gasteiger partial charge on any atom is 0.146 e. The van der Waals surface area contributed by atoms with Gasteiger partial charge in [0.1, 0.15) is 29.6 Å². The van der Waals surface area contributed by atoms with E-state index in [0.29, 0.717) is 13.2 Å². The van der Waals surface area contributed by atoms with Crippen LogP contribution in [0.15, 0.2) is 34.7 Å². The minimum absolute atomic E-state index is 0.429. The van der Waals surface area contributed by atoms with Gasteiger partial charge in [-0.2, -0.15) is 0 Å². The highest BCUT2D eigenvalue weighted by Gasteiger charge is 2.07. The van der Waals surface area contributed by atoms with Crippen LogP contribution < -0.4 is 14.8 Å². The number of hydrogen-bond acceptors (Lipinski definition) is 4. The zero-order chi connectivity index (χ0) is 14.4. The smallest absolute Gasteiger partial charge is 0.146 e. The summed E-state index contributed by atoms with van der Waals surface area (Å²) in [5.74, 6) is 3.45. The molecule has 0 bridgehead atoms. The van der Waals surface area contributed by atoms with Gasteiger partial charge in [0.05, 0.1) is 13.2 Å². The SMILES string of the molecule is CCOc1ccc(OCc2cc(C)c(CNC)o2)cc1. The zero-order valence-corrected chi connectivity index (χ0v) is 12.2. The van der Waals surface area contributed by atoms with Crippen LogP contribution in [0.1, 0.15) is 24.0 Å². The Morgan fingerprint density at radius 3 is 2.35 bits per heavy atom. The normalized spacial score (nSPS) is 10.6. The number of nitrogens with one attached hydrogen (secondary N) is 1. The Hall–Kier alpha value is -1.94. The Morgan fingerprint density at radius 1 is 1.10 bits per heavy atom. The van der Waals surface area contributed by atoms with Crippen LogP contribution in [-0.2, 0) is 13.2 Å². The average Bonchev–Trinajstić information content (AvgIpc) is 2.80. The molecule has 0 aliphatic carbocycles. The van der Waals surface area contributed by atoms with Crippen molar-refractivity contribution in [2.24, 2.45) is 0 Å². The number of furan rings is 1. The summed E-state index contributed by atoms with van der Waals surface area (Å²) in [5, 5.41) is 3.08. The minimum atomic E-state index is 0.429. The van der Waals surface area contributed by atoms with Crippen LogP contribution in [0.25, 0.3) is 0 Å². The number of benzene rings is 1. The second-order valence-electron chi connectivity index (χ2n) is 4.54. The first-order valence-electron chi connectivity index (χ1n) is 6.81. The van der Waals surface area contributed by atoms with Gasteiger partial charge < -0.3 is 19.2 Å². The highest BCUT2D eigenvalue weighted by molar-refractivity contribution is 5.31. The lowest BCUT2D eigenvalue weighted by Gasteiger charge is -2.06. The molecule has 0 unspecified atom stereocenters. The van der Waals surface area contributed by atoms with Crippen molar-refractivity contribution in [3.05, 3.63) is 47.4 Å². The molecule has 2 rings (SSSR count). The average molecular weight is 275 g/mol. The van der Waals surface area contributed by atoms with Crippen LogP contribution in [0.2, 0.25) is 0 Å². The summed E-state index contributed by atoms with van der Waals surface area (Å²) in [5.41, 5.74) is 1.14. The summed E-state index contributed by atoms with van der Waals surface area (Å²) in [4.78, 5) is 0. The molecule has 0 fully saturated rings. The van der Waals surface area contributed by atoms with Crippen molar-refractivity contribution >= 4 is 0 Å². The van der Waals surface area contributed by atoms with E-state index < -0.39 is 0 Å². The zero-order valence-electron chi connectivity index (χ0n) is 12.2. The third kappa shape index (κ3) is 3.78. The Balaban J connectivity index is 1.92. The molecule has 1 aromatic carbocycles. The third-order valence-corrected chi connectivity index (χ3v) is 2.92. The van der Waals surface area contributed by atoms with E-state index in [9.17, 15) is 0 Å². The van der Waals surface area contributed by atoms with E-state index in [0.717, 1.165) is 35.1 Å². The van der Waals surface area contributed by atoms with Crippen molar-refractivity contribution in [2.75, 3.05) is 13.7 Å². The predicted molar refractivity (Wildman–Crippen MR) is 78.2 cm³/mol. The summed E-state index contributed by atoms with van der Waals surface area (Å²) < 4.78 is 16.8. The summed E-state index contributed by atoms with van der Waals surface area (Å²) in [6.45, 7) is 5.83. The Labute approximate surface area is 119 Å². The van der Waals surface area contributed by atoms with Gasteiger partial charge in [0.15, 0.2) is 0 Å². The molecule has 20 heavy (non-hydrogen) atoms. The van der Waals surface area contributed by atoms with Crippen molar-refractivity contribution in [3.63, 3.8) is 0 Å². The van der Waals surface area contributed by atoms with Crippen LogP contribution in [0.5, 0.6) is 11.5 Å². The summed E-state index contributed by atoms with van der Waals surface area (Å²) in [6, 6.07) is 9.61. The molecule has 0 amide bonds. The molecular formula is C16H21NO3. The fraction of sp³-hybridized carbons (Fsp3) is 0.375. The molecule has 0 spiro atoms. The van der Waals surface area contributed by atoms with Crippen LogP contribution in [0.4, 0.5) is 0 Å². The second kappa shape index (κ2) is 7.01. The van der Waals surface area contributed by atoms with Gasteiger partial charge in [0.25, 0.3) is 0 Å². The monoisotopic (exact) mass is 275 g/mol. The molecule has 0 atom stereocenters. The number of ether oxygens (including phenoxy) is 2. The fourth-order valence-electron chi connectivity index (χ4n) is 1.95. The molecule has 1 heterocycles. The first-order chi connectivity index (χ1) is 9.72. The maximum absolute atomic E-state index is 5.73. The molecule has 1 N–H and O–H groups in total. The highest BCUT2D eigenvalue weighted by atomic mass is 16.5. The lowest BCUT2D eigenvalue weighted by molar-refractivity contribution is 0.264. The molecule has 0 radical (unpaired) electrons. The van der Waals surface area contributed by atoms with E-state index in [1.165, 1.54) is 0 Å². The number of aryl methyl sites for hydroxylation is 1. The minimum Gasteiger partial charge on any atom is -0.494 e. The second-order valence-corrected chi connectivity index (χ2v) is 4.54. The number of rotatable bonds is 7. The van der Waals surface area contributed by atoms with Gasteiger partial charge in [0.2, 0.25) is 0 Å². The summed E-state index contributed by atoms with van der Waals surface area (Å²) in [6.07, 6.45) is 0. The quantitative estimate of drug-likeness (QED) is 0.842. The lowest BCUT2D eigenvalue weighted by atomic mass is 10.2. The van der Waals surface area contributed by atoms with Crippen molar-refractivity contribution < 1.29 is 13.9 Å². The standard InChI is InChI=1S/C16H21NO3/c1-4-18-13-5-7-14(8-6-13)19-11-15-9-12(2)16(20-15)10-17-3/h5-9,17H,4,10-11H2,1-3H3. The first-order valence-corrected chi connectivity index (χ1v) is 6.81. The Morgan fingerprint density at radius 2 is 1.75 bits per heavy atom. The number of hydrogen-bond donors (Lipinski definition) is 1. The lowest BCUT2D eigenvalue weighted by Crippen LogP contribution is -2.04. The van der Waals surface area contributed by atoms with Gasteiger partial charge in [-0.05, 0) is 56.8 Å².